The van der Waals surface area contributed by atoms with E-state index < -0.39 is 10.0 Å². The average Bonchev–Trinajstić information content (AvgIpc) is 2.67. The number of aryl methyl sites for hydroxylation is 3. The summed E-state index contributed by atoms with van der Waals surface area (Å²) in [6.45, 7) is 4.03. The highest BCUT2D eigenvalue weighted by Gasteiger charge is 2.14. The molecule has 5 nitrogen and oxygen atoms in total. The van der Waals surface area contributed by atoms with E-state index in [1.807, 2.05) is 27.0 Å². The van der Waals surface area contributed by atoms with Crippen LogP contribution in [0.15, 0.2) is 35.2 Å². The Balaban J connectivity index is 2.11. The van der Waals surface area contributed by atoms with E-state index in [0.717, 1.165) is 11.3 Å². The van der Waals surface area contributed by atoms with Crippen LogP contribution in [0.3, 0.4) is 0 Å². The van der Waals surface area contributed by atoms with Gasteiger partial charge in [-0.1, -0.05) is 17.7 Å². The summed E-state index contributed by atoms with van der Waals surface area (Å²) in [5.74, 6) is 0. The van der Waals surface area contributed by atoms with Gasteiger partial charge in [0.15, 0.2) is 0 Å². The van der Waals surface area contributed by atoms with Crippen molar-refractivity contribution < 1.29 is 8.42 Å². The van der Waals surface area contributed by atoms with Gasteiger partial charge < -0.3 is 0 Å². The van der Waals surface area contributed by atoms with Crippen LogP contribution in [0, 0.1) is 13.8 Å². The first-order chi connectivity index (χ1) is 8.88. The molecule has 0 radical (unpaired) electrons. The summed E-state index contributed by atoms with van der Waals surface area (Å²) in [7, 11) is -1.65. The number of nitrogens with zero attached hydrogens (tertiary/aromatic N) is 2. The Morgan fingerprint density at radius 2 is 1.84 bits per heavy atom. The van der Waals surface area contributed by atoms with Crippen LogP contribution in [0.25, 0.3) is 0 Å². The molecule has 2 aromatic rings. The number of sulfonamides is 1. The van der Waals surface area contributed by atoms with Crippen LogP contribution in [-0.4, -0.2) is 18.2 Å². The zero-order valence-corrected chi connectivity index (χ0v) is 12.0. The Morgan fingerprint density at radius 3 is 2.37 bits per heavy atom. The quantitative estimate of drug-likeness (QED) is 0.922. The fraction of sp³-hybridized carbons (Fsp3) is 0.308. The van der Waals surface area contributed by atoms with Gasteiger partial charge in [0.05, 0.1) is 17.1 Å². The van der Waals surface area contributed by atoms with E-state index >= 15 is 0 Å². The summed E-state index contributed by atoms with van der Waals surface area (Å²) in [4.78, 5) is 0.269. The highest BCUT2D eigenvalue weighted by atomic mass is 32.2. The number of benzene rings is 1. The molecule has 0 amide bonds. The fourth-order valence-corrected chi connectivity index (χ4v) is 2.69. The Kier molecular flexibility index (Phi) is 3.73. The first-order valence-electron chi connectivity index (χ1n) is 5.94. The minimum absolute atomic E-state index is 0.192. The van der Waals surface area contributed by atoms with Gasteiger partial charge >= 0.3 is 0 Å². The van der Waals surface area contributed by atoms with Crippen molar-refractivity contribution in [1.29, 1.82) is 0 Å². The van der Waals surface area contributed by atoms with Crippen molar-refractivity contribution in [1.82, 2.24) is 14.5 Å². The predicted molar refractivity (Wildman–Crippen MR) is 73.1 cm³/mol. The normalized spacial score (nSPS) is 11.7. The van der Waals surface area contributed by atoms with E-state index in [1.54, 1.807) is 28.9 Å². The highest BCUT2D eigenvalue weighted by Crippen LogP contribution is 2.10. The lowest BCUT2D eigenvalue weighted by atomic mass is 10.2. The molecule has 0 bridgehead atoms. The molecule has 0 aliphatic rings. The molecule has 0 aliphatic heterocycles. The van der Waals surface area contributed by atoms with E-state index in [0.29, 0.717) is 5.69 Å². The Bertz CT molecular complexity index is 653. The lowest BCUT2D eigenvalue weighted by molar-refractivity contribution is 0.579. The lowest BCUT2D eigenvalue weighted by Crippen LogP contribution is -2.23. The summed E-state index contributed by atoms with van der Waals surface area (Å²) < 4.78 is 28.4. The highest BCUT2D eigenvalue weighted by molar-refractivity contribution is 7.89. The summed E-state index contributed by atoms with van der Waals surface area (Å²) in [5, 5.41) is 4.21. The maximum Gasteiger partial charge on any atom is 0.240 e. The van der Waals surface area contributed by atoms with Gasteiger partial charge in [-0.25, -0.2) is 13.1 Å². The first kappa shape index (κ1) is 13.8. The molecule has 1 aromatic carbocycles. The average molecular weight is 279 g/mol. The third kappa shape index (κ3) is 3.21. The summed E-state index contributed by atoms with van der Waals surface area (Å²) in [6.07, 6.45) is 0. The molecule has 0 saturated carbocycles. The molecule has 0 atom stereocenters. The van der Waals surface area contributed by atoms with E-state index in [9.17, 15) is 8.42 Å². The van der Waals surface area contributed by atoms with Crippen LogP contribution in [0.5, 0.6) is 0 Å². The molecule has 1 heterocycles. The number of hydrogen-bond donors (Lipinski definition) is 1. The number of nitrogens with one attached hydrogen (secondary N) is 1. The van der Waals surface area contributed by atoms with Crippen molar-refractivity contribution in [3.05, 3.63) is 47.3 Å². The second kappa shape index (κ2) is 5.14. The smallest absolute Gasteiger partial charge is 0.240 e. The van der Waals surface area contributed by atoms with E-state index in [-0.39, 0.29) is 11.4 Å². The Morgan fingerprint density at radius 1 is 1.21 bits per heavy atom. The molecule has 0 saturated heterocycles. The standard InChI is InChI=1S/C13H17N3O2S/c1-10-4-6-13(7-5-10)19(17,18)14-9-12-8-11(2)16(3)15-12/h4-8,14H,9H2,1-3H3. The second-order valence-corrected chi connectivity index (χ2v) is 6.31. The molecule has 1 N–H and O–H groups in total. The maximum atomic E-state index is 12.1. The lowest BCUT2D eigenvalue weighted by Gasteiger charge is -2.05. The van der Waals surface area contributed by atoms with Gasteiger partial charge in [0.25, 0.3) is 0 Å². The van der Waals surface area contributed by atoms with Gasteiger partial charge in [0.2, 0.25) is 10.0 Å². The minimum Gasteiger partial charge on any atom is -0.273 e. The largest absolute Gasteiger partial charge is 0.273 e. The van der Waals surface area contributed by atoms with Crippen molar-refractivity contribution in [2.24, 2.45) is 7.05 Å². The van der Waals surface area contributed by atoms with Crippen LogP contribution in [0.4, 0.5) is 0 Å². The molecule has 19 heavy (non-hydrogen) atoms. The van der Waals surface area contributed by atoms with Crippen LogP contribution in [0.2, 0.25) is 0 Å². The number of aromatic nitrogens is 2. The zero-order chi connectivity index (χ0) is 14.0. The van der Waals surface area contributed by atoms with E-state index in [2.05, 4.69) is 9.82 Å². The summed E-state index contributed by atoms with van der Waals surface area (Å²) in [6, 6.07) is 8.61. The van der Waals surface area contributed by atoms with E-state index in [4.69, 9.17) is 0 Å². The van der Waals surface area contributed by atoms with Crippen LogP contribution in [-0.2, 0) is 23.6 Å². The molecular formula is C13H17N3O2S. The SMILES string of the molecule is Cc1ccc(S(=O)(=O)NCc2cc(C)n(C)n2)cc1. The van der Waals surface area contributed by atoms with Crippen molar-refractivity contribution in [3.63, 3.8) is 0 Å². The first-order valence-corrected chi connectivity index (χ1v) is 7.42. The van der Waals surface area contributed by atoms with Gasteiger partial charge in [0.1, 0.15) is 0 Å². The third-order valence-electron chi connectivity index (χ3n) is 2.94. The van der Waals surface area contributed by atoms with E-state index in [1.165, 1.54) is 0 Å². The molecule has 1 aromatic heterocycles. The van der Waals surface area contributed by atoms with Crippen molar-refractivity contribution in [2.45, 2.75) is 25.3 Å². The second-order valence-electron chi connectivity index (χ2n) is 4.54. The minimum atomic E-state index is -3.48. The van der Waals surface area contributed by atoms with Gasteiger partial charge in [-0.15, -0.1) is 0 Å². The summed E-state index contributed by atoms with van der Waals surface area (Å²) >= 11 is 0. The van der Waals surface area contributed by atoms with Gasteiger partial charge in [-0.05, 0) is 32.0 Å². The number of rotatable bonds is 4. The molecule has 0 spiro atoms. The molecule has 0 aliphatic carbocycles. The van der Waals surface area contributed by atoms with Gasteiger partial charge in [-0.3, -0.25) is 4.68 Å². The maximum absolute atomic E-state index is 12.1. The molecule has 2 rings (SSSR count). The molecule has 6 heteroatoms. The Labute approximate surface area is 113 Å². The van der Waals surface area contributed by atoms with Crippen LogP contribution < -0.4 is 4.72 Å². The van der Waals surface area contributed by atoms with Crippen LogP contribution >= 0.6 is 0 Å². The van der Waals surface area contributed by atoms with Crippen molar-refractivity contribution >= 4 is 10.0 Å². The van der Waals surface area contributed by atoms with Gasteiger partial charge in [0, 0.05) is 12.7 Å². The predicted octanol–water partition coefficient (Wildman–Crippen LogP) is 1.52. The topological polar surface area (TPSA) is 64.0 Å². The molecule has 102 valence electrons. The number of hydrogen-bond acceptors (Lipinski definition) is 3. The molecular weight excluding hydrogens is 262 g/mol. The summed E-state index contributed by atoms with van der Waals surface area (Å²) in [5.41, 5.74) is 2.72. The van der Waals surface area contributed by atoms with Gasteiger partial charge in [-0.2, -0.15) is 5.10 Å². The fourth-order valence-electron chi connectivity index (χ4n) is 1.69. The van der Waals surface area contributed by atoms with Crippen molar-refractivity contribution in [2.75, 3.05) is 0 Å². The monoisotopic (exact) mass is 279 g/mol. The Hall–Kier alpha value is -1.66. The third-order valence-corrected chi connectivity index (χ3v) is 4.36. The van der Waals surface area contributed by atoms with Crippen molar-refractivity contribution in [3.8, 4) is 0 Å². The zero-order valence-electron chi connectivity index (χ0n) is 11.2. The van der Waals surface area contributed by atoms with Crippen LogP contribution in [0.1, 0.15) is 17.0 Å². The molecule has 0 unspecified atom stereocenters. The molecule has 0 fully saturated rings.